The van der Waals surface area contributed by atoms with E-state index < -0.39 is 53.9 Å². The molecular weight excluding hydrogens is 673 g/mol. The quantitative estimate of drug-likeness (QED) is 0.182. The molecule has 3 N–H and O–H groups in total. The lowest BCUT2D eigenvalue weighted by molar-refractivity contribution is -0.164. The van der Waals surface area contributed by atoms with Crippen molar-refractivity contribution in [3.8, 4) is 17.2 Å². The molecule has 258 valence electrons. The average molecular weight is 704 g/mol. The Morgan fingerprint density at radius 2 is 1.84 bits per heavy atom. The molecule has 1 aliphatic carbocycles. The fourth-order valence-electron chi connectivity index (χ4n) is 5.29. The summed E-state index contributed by atoms with van der Waals surface area (Å²) in [5.41, 5.74) is 3.37. The van der Waals surface area contributed by atoms with E-state index in [9.17, 15) is 36.8 Å². The molecule has 1 aliphatic heterocycles. The van der Waals surface area contributed by atoms with Gasteiger partial charge in [-0.25, -0.2) is 14.5 Å². The molecule has 2 atom stereocenters. The first kappa shape index (κ1) is 35.3. The van der Waals surface area contributed by atoms with Crippen molar-refractivity contribution < 1.29 is 36.3 Å². The first-order valence-corrected chi connectivity index (χ1v) is 15.3. The summed E-state index contributed by atoms with van der Waals surface area (Å²) >= 11 is 6.15. The van der Waals surface area contributed by atoms with Crippen LogP contribution >= 0.6 is 11.6 Å². The number of hydrogen-bond donors (Lipinski definition) is 2. The van der Waals surface area contributed by atoms with Crippen LogP contribution in [0.5, 0.6) is 0 Å². The van der Waals surface area contributed by atoms with Crippen LogP contribution in [0, 0.1) is 16.7 Å². The van der Waals surface area contributed by atoms with Gasteiger partial charge in [-0.3, -0.25) is 9.69 Å². The van der Waals surface area contributed by atoms with Crippen LogP contribution in [-0.4, -0.2) is 51.0 Å². The number of allylic oxidation sites excluding steroid dienone is 1. The number of guanidine groups is 1. The largest absolute Gasteiger partial charge is 0.447 e. The Morgan fingerprint density at radius 3 is 2.39 bits per heavy atom. The topological polar surface area (TPSA) is 139 Å². The molecule has 2 aliphatic rings. The molecule has 2 amide bonds. The first-order valence-electron chi connectivity index (χ1n) is 14.9. The molecule has 0 saturated heterocycles. The highest BCUT2D eigenvalue weighted by Gasteiger charge is 2.64. The lowest BCUT2D eigenvalue weighted by atomic mass is 9.85. The molecule has 1 fully saturated rings. The highest BCUT2D eigenvalue weighted by atomic mass is 35.5. The zero-order valence-electron chi connectivity index (χ0n) is 26.4. The van der Waals surface area contributed by atoms with E-state index in [1.165, 1.54) is 30.6 Å². The van der Waals surface area contributed by atoms with E-state index in [1.807, 2.05) is 32.2 Å². The van der Waals surface area contributed by atoms with E-state index in [0.29, 0.717) is 21.4 Å². The van der Waals surface area contributed by atoms with Gasteiger partial charge in [-0.2, -0.15) is 32.3 Å². The van der Waals surface area contributed by atoms with Crippen LogP contribution in [-0.2, 0) is 15.1 Å². The van der Waals surface area contributed by atoms with Crippen molar-refractivity contribution in [1.82, 2.24) is 20.0 Å². The van der Waals surface area contributed by atoms with E-state index in [1.54, 1.807) is 36.4 Å². The number of rotatable bonds is 9. The highest BCUT2D eigenvalue weighted by molar-refractivity contribution is 6.31. The van der Waals surface area contributed by atoms with E-state index in [4.69, 9.17) is 22.1 Å². The molecule has 0 unspecified atom stereocenters. The zero-order chi connectivity index (χ0) is 35.9. The molecule has 1 aromatic heterocycles. The van der Waals surface area contributed by atoms with E-state index in [-0.39, 0.29) is 35.0 Å². The molecule has 0 spiro atoms. The van der Waals surface area contributed by atoms with Gasteiger partial charge in [0, 0.05) is 11.8 Å². The predicted molar refractivity (Wildman–Crippen MR) is 169 cm³/mol. The molecule has 16 heteroatoms. The Hall–Kier alpha value is -4.97. The minimum Gasteiger partial charge on any atom is -0.447 e. The number of carbonyl (C=O) groups is 2. The summed E-state index contributed by atoms with van der Waals surface area (Å²) in [6.45, 7) is 2.19. The molecule has 0 bridgehead atoms. The minimum absolute atomic E-state index is 0.0226. The number of halogens is 6. The smallest absolute Gasteiger partial charge is 0.411 e. The van der Waals surface area contributed by atoms with Gasteiger partial charge in [-0.1, -0.05) is 68.8 Å². The number of nitrogens with two attached hydrogens (primary N) is 1. The zero-order valence-corrected chi connectivity index (χ0v) is 27.2. The number of alkyl carbamates (subject to hydrolysis) is 1. The second-order valence-electron chi connectivity index (χ2n) is 12.8. The lowest BCUT2D eigenvalue weighted by Gasteiger charge is -2.31. The molecule has 0 radical (unpaired) electrons. The Morgan fingerprint density at radius 1 is 1.16 bits per heavy atom. The fourth-order valence-corrected chi connectivity index (χ4v) is 5.45. The molecule has 2 aromatic carbocycles. The highest BCUT2D eigenvalue weighted by Crippen LogP contribution is 2.49. The van der Waals surface area contributed by atoms with Gasteiger partial charge in [-0.15, -0.1) is 0 Å². The summed E-state index contributed by atoms with van der Waals surface area (Å²) in [4.78, 5) is 32.9. The van der Waals surface area contributed by atoms with Crippen molar-refractivity contribution in [3.63, 3.8) is 0 Å². The summed E-state index contributed by atoms with van der Waals surface area (Å²) in [5, 5.41) is 15.3. The molecule has 5 rings (SSSR count). The number of nitriles is 1. The molecule has 2 heterocycles. The summed E-state index contributed by atoms with van der Waals surface area (Å²) in [5.74, 6) is -0.998. The Bertz CT molecular complexity index is 1860. The number of nitrogens with one attached hydrogen (secondary N) is 1. The van der Waals surface area contributed by atoms with Crippen LogP contribution < -0.4 is 11.1 Å². The van der Waals surface area contributed by atoms with Gasteiger partial charge in [0.2, 0.25) is 5.96 Å². The van der Waals surface area contributed by atoms with Gasteiger partial charge in [0.1, 0.15) is 18.2 Å². The summed E-state index contributed by atoms with van der Waals surface area (Å²) < 4.78 is 72.5. The van der Waals surface area contributed by atoms with E-state index in [2.05, 4.69) is 10.1 Å². The van der Waals surface area contributed by atoms with Crippen LogP contribution in [0.25, 0.3) is 11.1 Å². The number of aromatic nitrogens is 2. The SMILES string of the molecule is CC(C)(C)/C=C/[C@]1(c2ccc(-c3cnn(C(F)F)c3)cc2)N=C(N)N([C@H](COC(=O)NC2(C(F)(F)F)CC2)c2ccc(Cl)c(C#N)c2)C1=O. The number of alkyl halides is 5. The van der Waals surface area contributed by atoms with Gasteiger partial charge in [0.05, 0.1) is 22.8 Å². The van der Waals surface area contributed by atoms with Crippen molar-refractivity contribution in [2.45, 2.75) is 63.5 Å². The maximum atomic E-state index is 14.6. The normalized spacial score (nSPS) is 19.6. The lowest BCUT2D eigenvalue weighted by Crippen LogP contribution is -2.49. The monoisotopic (exact) mass is 703 g/mol. The summed E-state index contributed by atoms with van der Waals surface area (Å²) in [7, 11) is 0. The maximum Gasteiger partial charge on any atom is 0.411 e. The number of nitrogens with zero attached hydrogens (tertiary/aromatic N) is 5. The van der Waals surface area contributed by atoms with Crippen molar-refractivity contribution in [1.29, 1.82) is 5.26 Å². The van der Waals surface area contributed by atoms with Gasteiger partial charge in [-0.05, 0) is 53.2 Å². The Kier molecular flexibility index (Phi) is 9.24. The van der Waals surface area contributed by atoms with Crippen molar-refractivity contribution >= 4 is 29.6 Å². The van der Waals surface area contributed by atoms with Gasteiger partial charge in [0.15, 0.2) is 5.54 Å². The number of hydrogen-bond acceptors (Lipinski definition) is 7. The van der Waals surface area contributed by atoms with Gasteiger partial charge >= 0.3 is 18.8 Å². The maximum absolute atomic E-state index is 14.6. The molecular formula is C33H31ClF5N7O3. The second kappa shape index (κ2) is 12.8. The van der Waals surface area contributed by atoms with Crippen LogP contribution in [0.3, 0.4) is 0 Å². The number of aliphatic imine (C=N–C) groups is 1. The van der Waals surface area contributed by atoms with Crippen molar-refractivity contribution in [2.75, 3.05) is 6.61 Å². The minimum atomic E-state index is -4.69. The number of amides is 2. The third kappa shape index (κ3) is 7.10. The number of benzene rings is 2. The molecule has 10 nitrogen and oxygen atoms in total. The molecule has 49 heavy (non-hydrogen) atoms. The van der Waals surface area contributed by atoms with Gasteiger partial charge < -0.3 is 15.8 Å². The molecule has 3 aromatic rings. The van der Waals surface area contributed by atoms with E-state index >= 15 is 0 Å². The predicted octanol–water partition coefficient (Wildman–Crippen LogP) is 6.99. The average Bonchev–Trinajstić information content (AvgIpc) is 3.56. The van der Waals surface area contributed by atoms with E-state index in [0.717, 1.165) is 4.90 Å². The Balaban J connectivity index is 1.53. The third-order valence-corrected chi connectivity index (χ3v) is 8.51. The fraction of sp³-hybridized carbons (Fsp3) is 0.364. The number of carbonyl (C=O) groups excluding carboxylic acids is 2. The van der Waals surface area contributed by atoms with Crippen LogP contribution in [0.4, 0.5) is 26.7 Å². The van der Waals surface area contributed by atoms with Crippen LogP contribution in [0.15, 0.2) is 72.0 Å². The van der Waals surface area contributed by atoms with Crippen LogP contribution in [0.1, 0.15) is 62.9 Å². The second-order valence-corrected chi connectivity index (χ2v) is 13.3. The van der Waals surface area contributed by atoms with Crippen molar-refractivity contribution in [2.24, 2.45) is 16.1 Å². The van der Waals surface area contributed by atoms with Crippen LogP contribution in [0.2, 0.25) is 5.02 Å². The standard InChI is InChI=1S/C33H31ClF5N7O3/c1-30(2,3)10-13-32(23-7-4-19(5-8-23)22-16-42-45(17-22)27(35)36)26(47)46(28(41)43-32)25(20-6-9-24(34)21(14-20)15-40)18-49-29(48)44-31(11-12-31)33(37,38)39/h4-10,13-14,16-17,25,27H,11-12,18H2,1-3H3,(H2,41,43)(H,44,48)/b13-10+/t25-,32-/m1/s1. The summed E-state index contributed by atoms with van der Waals surface area (Å²) in [6, 6.07) is 11.3. The first-order chi connectivity index (χ1) is 22.9. The number of ether oxygens (including phenoxy) is 1. The molecule has 1 saturated carbocycles. The summed E-state index contributed by atoms with van der Waals surface area (Å²) in [6.07, 6.45) is -0.889. The third-order valence-electron chi connectivity index (χ3n) is 8.18. The van der Waals surface area contributed by atoms with Crippen molar-refractivity contribution in [3.05, 3.63) is 88.7 Å². The van der Waals surface area contributed by atoms with Gasteiger partial charge in [0.25, 0.3) is 5.91 Å². The Labute approximate surface area is 283 Å².